The third-order valence-corrected chi connectivity index (χ3v) is 3.94. The molecule has 0 amide bonds. The summed E-state index contributed by atoms with van der Waals surface area (Å²) in [5.74, 6) is -0.948. The normalized spacial score (nSPS) is 24.8. The minimum Gasteiger partial charge on any atom is -0.480 e. The zero-order chi connectivity index (χ0) is 13.3. The molecule has 0 saturated carbocycles. The molecular formula is C12H14BrNO4. The van der Waals surface area contributed by atoms with Crippen LogP contribution in [0, 0.1) is 0 Å². The smallest absolute Gasteiger partial charge is 0.317 e. The number of aliphatic carboxylic acids is 1. The van der Waals surface area contributed by atoms with Crippen molar-refractivity contribution < 1.29 is 20.1 Å². The van der Waals surface area contributed by atoms with Gasteiger partial charge in [-0.3, -0.25) is 4.79 Å². The quantitative estimate of drug-likeness (QED) is 0.728. The Labute approximate surface area is 113 Å². The average molecular weight is 316 g/mol. The van der Waals surface area contributed by atoms with Crippen LogP contribution in [0.5, 0.6) is 0 Å². The van der Waals surface area contributed by atoms with E-state index in [4.69, 9.17) is 5.11 Å². The van der Waals surface area contributed by atoms with Crippen molar-refractivity contribution in [1.82, 2.24) is 4.90 Å². The van der Waals surface area contributed by atoms with Crippen LogP contribution in [0.3, 0.4) is 0 Å². The number of alkyl halides is 1. The average Bonchev–Trinajstić information content (AvgIpc) is 2.60. The molecule has 1 heterocycles. The Balaban J connectivity index is 2.07. The Morgan fingerprint density at radius 2 is 1.78 bits per heavy atom. The van der Waals surface area contributed by atoms with Gasteiger partial charge in [0.15, 0.2) is 0 Å². The van der Waals surface area contributed by atoms with Crippen LogP contribution in [0.15, 0.2) is 24.3 Å². The van der Waals surface area contributed by atoms with E-state index in [1.54, 1.807) is 24.3 Å². The molecule has 0 fully saturated rings. The standard InChI is InChI=1S/C12H14BrNO4/c13-9(12(17)18)5-6-14-10(15)7-3-1-2-4-8(7)11(14)16/h1-4,9-11,15-16H,5-6H2,(H,17,18). The van der Waals surface area contributed by atoms with Gasteiger partial charge in [0.25, 0.3) is 0 Å². The van der Waals surface area contributed by atoms with Crippen molar-refractivity contribution in [1.29, 1.82) is 0 Å². The molecule has 1 aliphatic rings. The van der Waals surface area contributed by atoms with Gasteiger partial charge in [0.05, 0.1) is 0 Å². The lowest BCUT2D eigenvalue weighted by atomic mass is 10.1. The number of nitrogens with zero attached hydrogens (tertiary/aromatic N) is 1. The fraction of sp³-hybridized carbons (Fsp3) is 0.417. The molecule has 6 heteroatoms. The fourth-order valence-corrected chi connectivity index (χ4v) is 2.31. The molecule has 3 atom stereocenters. The van der Waals surface area contributed by atoms with Crippen LogP contribution in [0.2, 0.25) is 0 Å². The molecule has 3 unspecified atom stereocenters. The van der Waals surface area contributed by atoms with Gasteiger partial charge in [0, 0.05) is 17.7 Å². The summed E-state index contributed by atoms with van der Waals surface area (Å²) in [5.41, 5.74) is 1.35. The highest BCUT2D eigenvalue weighted by Crippen LogP contribution is 2.38. The maximum absolute atomic E-state index is 10.7. The van der Waals surface area contributed by atoms with Gasteiger partial charge in [-0.1, -0.05) is 40.2 Å². The van der Waals surface area contributed by atoms with Gasteiger partial charge in [-0.15, -0.1) is 0 Å². The Bertz CT molecular complexity index is 424. The number of fused-ring (bicyclic) bond motifs is 1. The SMILES string of the molecule is O=C(O)C(Br)CCN1C(O)c2ccccc2C1O. The third-order valence-electron chi connectivity index (χ3n) is 3.09. The summed E-state index contributed by atoms with van der Waals surface area (Å²) in [7, 11) is 0. The summed E-state index contributed by atoms with van der Waals surface area (Å²) in [5, 5.41) is 28.9. The molecule has 0 saturated heterocycles. The molecule has 1 aromatic rings. The Hall–Kier alpha value is -0.950. The summed E-state index contributed by atoms with van der Waals surface area (Å²) >= 11 is 3.04. The van der Waals surface area contributed by atoms with E-state index in [-0.39, 0.29) is 0 Å². The van der Waals surface area contributed by atoms with Crippen LogP contribution in [-0.2, 0) is 4.79 Å². The zero-order valence-corrected chi connectivity index (χ0v) is 11.1. The minimum atomic E-state index is -0.948. The number of carbonyl (C=O) groups is 1. The van der Waals surface area contributed by atoms with Crippen LogP contribution < -0.4 is 0 Å². The third kappa shape index (κ3) is 2.42. The first kappa shape index (κ1) is 13.5. The fourth-order valence-electron chi connectivity index (χ4n) is 2.10. The number of hydrogen-bond donors (Lipinski definition) is 3. The molecule has 1 aliphatic heterocycles. The number of aliphatic hydroxyl groups is 2. The van der Waals surface area contributed by atoms with E-state index in [0.717, 1.165) is 0 Å². The molecule has 0 aliphatic carbocycles. The monoisotopic (exact) mass is 315 g/mol. The summed E-state index contributed by atoms with van der Waals surface area (Å²) in [6.07, 6.45) is -1.47. The van der Waals surface area contributed by atoms with E-state index in [2.05, 4.69) is 15.9 Å². The van der Waals surface area contributed by atoms with E-state index >= 15 is 0 Å². The van der Waals surface area contributed by atoms with Crippen molar-refractivity contribution in [3.8, 4) is 0 Å². The van der Waals surface area contributed by atoms with Gasteiger partial charge in [-0.25, -0.2) is 4.90 Å². The van der Waals surface area contributed by atoms with Crippen molar-refractivity contribution in [3.63, 3.8) is 0 Å². The van der Waals surface area contributed by atoms with Crippen molar-refractivity contribution in [2.45, 2.75) is 23.7 Å². The number of hydrogen-bond acceptors (Lipinski definition) is 4. The van der Waals surface area contributed by atoms with Crippen LogP contribution in [0.4, 0.5) is 0 Å². The van der Waals surface area contributed by atoms with Crippen molar-refractivity contribution in [3.05, 3.63) is 35.4 Å². The lowest BCUT2D eigenvalue weighted by molar-refractivity contribution is -0.137. The van der Waals surface area contributed by atoms with Gasteiger partial charge >= 0.3 is 5.97 Å². The Morgan fingerprint density at radius 1 is 1.28 bits per heavy atom. The lowest BCUT2D eigenvalue weighted by Gasteiger charge is -2.24. The van der Waals surface area contributed by atoms with Gasteiger partial charge < -0.3 is 15.3 Å². The van der Waals surface area contributed by atoms with E-state index in [1.807, 2.05) is 0 Å². The largest absolute Gasteiger partial charge is 0.480 e. The minimum absolute atomic E-state index is 0.291. The number of benzene rings is 1. The summed E-state index contributed by atoms with van der Waals surface area (Å²) in [6.45, 7) is 0.291. The molecule has 1 aromatic carbocycles. The Kier molecular flexibility index (Phi) is 4.01. The lowest BCUT2D eigenvalue weighted by Crippen LogP contribution is -2.30. The highest BCUT2D eigenvalue weighted by molar-refractivity contribution is 9.10. The first-order valence-corrected chi connectivity index (χ1v) is 6.51. The molecule has 0 aromatic heterocycles. The van der Waals surface area contributed by atoms with Crippen LogP contribution in [0.25, 0.3) is 0 Å². The number of carboxylic acids is 1. The first-order chi connectivity index (χ1) is 8.52. The summed E-state index contributed by atoms with van der Waals surface area (Å²) < 4.78 is 0. The second kappa shape index (κ2) is 5.36. The molecule has 5 nitrogen and oxygen atoms in total. The van der Waals surface area contributed by atoms with E-state index in [9.17, 15) is 15.0 Å². The van der Waals surface area contributed by atoms with Crippen LogP contribution in [-0.4, -0.2) is 37.6 Å². The highest BCUT2D eigenvalue weighted by atomic mass is 79.9. The first-order valence-electron chi connectivity index (χ1n) is 5.60. The molecular weight excluding hydrogens is 302 g/mol. The Morgan fingerprint density at radius 3 is 2.22 bits per heavy atom. The molecule has 2 rings (SSSR count). The van der Waals surface area contributed by atoms with Crippen molar-refractivity contribution >= 4 is 21.9 Å². The van der Waals surface area contributed by atoms with E-state index in [0.29, 0.717) is 24.1 Å². The topological polar surface area (TPSA) is 81.0 Å². The number of aliphatic hydroxyl groups excluding tert-OH is 2. The molecule has 3 N–H and O–H groups in total. The summed E-state index contributed by atoms with van der Waals surface area (Å²) in [4.78, 5) is 11.5. The predicted molar refractivity (Wildman–Crippen MR) is 68.0 cm³/mol. The van der Waals surface area contributed by atoms with Crippen LogP contribution in [0.1, 0.15) is 30.0 Å². The van der Waals surface area contributed by atoms with E-state index in [1.165, 1.54) is 4.90 Å². The zero-order valence-electron chi connectivity index (χ0n) is 9.53. The molecule has 18 heavy (non-hydrogen) atoms. The van der Waals surface area contributed by atoms with Gasteiger partial charge in [0.2, 0.25) is 0 Å². The second-order valence-electron chi connectivity index (χ2n) is 4.21. The van der Waals surface area contributed by atoms with Gasteiger partial charge in [-0.2, -0.15) is 0 Å². The maximum atomic E-state index is 10.7. The molecule has 0 bridgehead atoms. The molecule has 0 spiro atoms. The maximum Gasteiger partial charge on any atom is 0.317 e. The van der Waals surface area contributed by atoms with Crippen molar-refractivity contribution in [2.75, 3.05) is 6.54 Å². The van der Waals surface area contributed by atoms with Gasteiger partial charge in [-0.05, 0) is 6.42 Å². The molecule has 98 valence electrons. The highest BCUT2D eigenvalue weighted by Gasteiger charge is 2.36. The van der Waals surface area contributed by atoms with Crippen molar-refractivity contribution in [2.24, 2.45) is 0 Å². The summed E-state index contributed by atoms with van der Waals surface area (Å²) in [6, 6.07) is 7.10. The number of halogens is 1. The predicted octanol–water partition coefficient (Wildman–Crippen LogP) is 1.22. The van der Waals surface area contributed by atoms with Gasteiger partial charge in [0.1, 0.15) is 17.3 Å². The van der Waals surface area contributed by atoms with Crippen LogP contribution >= 0.6 is 15.9 Å². The number of rotatable bonds is 4. The van der Waals surface area contributed by atoms with E-state index < -0.39 is 23.3 Å². The number of carboxylic acid groups (broad SMARTS) is 1. The molecule has 0 radical (unpaired) electrons. The second-order valence-corrected chi connectivity index (χ2v) is 5.31.